The fraction of sp³-hybridized carbons (Fsp3) is 0.429. The summed E-state index contributed by atoms with van der Waals surface area (Å²) in [5, 5.41) is 3.05. The van der Waals surface area contributed by atoms with E-state index in [0.717, 1.165) is 23.9 Å². The fourth-order valence-electron chi connectivity index (χ4n) is 1.91. The first-order valence-electron chi connectivity index (χ1n) is 6.58. The van der Waals surface area contributed by atoms with E-state index in [1.54, 1.807) is 13.4 Å². The quantitative estimate of drug-likeness (QED) is 0.837. The Bertz CT molecular complexity index is 528. The third kappa shape index (κ3) is 3.48. The first-order chi connectivity index (χ1) is 9.76. The second-order valence-electron chi connectivity index (χ2n) is 4.30. The summed E-state index contributed by atoms with van der Waals surface area (Å²) in [5.74, 6) is 3.20. The van der Waals surface area contributed by atoms with Crippen molar-refractivity contribution in [2.75, 3.05) is 30.9 Å². The predicted molar refractivity (Wildman–Crippen MR) is 77.7 cm³/mol. The zero-order valence-electron chi connectivity index (χ0n) is 12.1. The molecule has 2 rings (SSSR count). The molecule has 1 N–H and O–H groups in total. The van der Waals surface area contributed by atoms with Crippen molar-refractivity contribution in [1.29, 1.82) is 0 Å². The number of methoxy groups -OCH3 is 1. The Balaban J connectivity index is 2.25. The van der Waals surface area contributed by atoms with Crippen LogP contribution in [-0.2, 0) is 17.9 Å². The van der Waals surface area contributed by atoms with E-state index in [4.69, 9.17) is 9.15 Å². The predicted octanol–water partition coefficient (Wildman–Crippen LogP) is 2.28. The van der Waals surface area contributed by atoms with Crippen LogP contribution >= 0.6 is 0 Å². The average molecular weight is 276 g/mol. The van der Waals surface area contributed by atoms with Crippen LogP contribution in [0.5, 0.6) is 0 Å². The molecule has 108 valence electrons. The Hall–Kier alpha value is -2.08. The lowest BCUT2D eigenvalue weighted by Crippen LogP contribution is -2.23. The van der Waals surface area contributed by atoms with Gasteiger partial charge in [0.2, 0.25) is 0 Å². The zero-order valence-corrected chi connectivity index (χ0v) is 12.1. The van der Waals surface area contributed by atoms with Gasteiger partial charge < -0.3 is 19.4 Å². The molecule has 20 heavy (non-hydrogen) atoms. The Morgan fingerprint density at radius 3 is 2.85 bits per heavy atom. The van der Waals surface area contributed by atoms with Gasteiger partial charge in [-0.1, -0.05) is 0 Å². The summed E-state index contributed by atoms with van der Waals surface area (Å²) in [6.45, 7) is 3.98. The van der Waals surface area contributed by atoms with Crippen molar-refractivity contribution in [2.24, 2.45) is 0 Å². The Morgan fingerprint density at radius 2 is 2.25 bits per heavy atom. The molecule has 0 radical (unpaired) electrons. The first-order valence-corrected chi connectivity index (χ1v) is 6.58. The van der Waals surface area contributed by atoms with Crippen LogP contribution < -0.4 is 10.2 Å². The maximum absolute atomic E-state index is 5.40. The maximum Gasteiger partial charge on any atom is 0.158 e. The monoisotopic (exact) mass is 276 g/mol. The zero-order chi connectivity index (χ0) is 14.4. The number of anilines is 2. The molecular weight excluding hydrogens is 256 g/mol. The number of hydrogen-bond donors (Lipinski definition) is 1. The normalized spacial score (nSPS) is 10.6. The van der Waals surface area contributed by atoms with Crippen molar-refractivity contribution in [3.05, 3.63) is 36.0 Å². The molecule has 0 spiro atoms. The minimum Gasteiger partial charge on any atom is -0.467 e. The molecule has 6 heteroatoms. The Morgan fingerprint density at radius 1 is 1.40 bits per heavy atom. The topological polar surface area (TPSA) is 63.4 Å². The van der Waals surface area contributed by atoms with Crippen LogP contribution in [0.25, 0.3) is 0 Å². The molecule has 0 amide bonds. The van der Waals surface area contributed by atoms with Gasteiger partial charge in [-0.3, -0.25) is 0 Å². The van der Waals surface area contributed by atoms with Gasteiger partial charge in [-0.25, -0.2) is 9.97 Å². The molecule has 0 atom stereocenters. The highest BCUT2D eigenvalue weighted by molar-refractivity contribution is 5.49. The van der Waals surface area contributed by atoms with Crippen LogP contribution in [0.4, 0.5) is 11.6 Å². The molecule has 2 heterocycles. The average Bonchev–Trinajstić information content (AvgIpc) is 2.97. The van der Waals surface area contributed by atoms with Crippen LogP contribution in [0.3, 0.4) is 0 Å². The minimum atomic E-state index is 0.390. The molecule has 0 aliphatic heterocycles. The van der Waals surface area contributed by atoms with Crippen molar-refractivity contribution in [1.82, 2.24) is 9.97 Å². The lowest BCUT2D eigenvalue weighted by molar-refractivity contribution is 0.178. The Kier molecular flexibility index (Phi) is 4.95. The van der Waals surface area contributed by atoms with E-state index in [1.807, 2.05) is 25.2 Å². The maximum atomic E-state index is 5.40. The second kappa shape index (κ2) is 6.91. The third-order valence-electron chi connectivity index (χ3n) is 2.92. The van der Waals surface area contributed by atoms with Crippen LogP contribution in [-0.4, -0.2) is 30.7 Å². The molecule has 0 aromatic carbocycles. The number of nitrogens with one attached hydrogen (secondary N) is 1. The summed E-state index contributed by atoms with van der Waals surface area (Å²) in [4.78, 5) is 11.0. The summed E-state index contributed by atoms with van der Waals surface area (Å²) in [6.07, 6.45) is 1.68. The number of hydrogen-bond acceptors (Lipinski definition) is 6. The van der Waals surface area contributed by atoms with Crippen LogP contribution in [0.1, 0.15) is 18.5 Å². The van der Waals surface area contributed by atoms with Gasteiger partial charge in [0.05, 0.1) is 12.8 Å². The molecule has 0 unspecified atom stereocenters. The molecule has 0 saturated heterocycles. The van der Waals surface area contributed by atoms with Gasteiger partial charge in [0, 0.05) is 26.8 Å². The van der Waals surface area contributed by atoms with Crippen molar-refractivity contribution < 1.29 is 9.15 Å². The number of nitrogens with zero attached hydrogens (tertiary/aromatic N) is 3. The van der Waals surface area contributed by atoms with Crippen molar-refractivity contribution in [2.45, 2.75) is 20.1 Å². The molecule has 6 nitrogen and oxygen atoms in total. The molecular formula is C14H20N4O2. The van der Waals surface area contributed by atoms with Gasteiger partial charge in [-0.15, -0.1) is 0 Å². The van der Waals surface area contributed by atoms with Crippen LogP contribution in [0, 0.1) is 0 Å². The summed E-state index contributed by atoms with van der Waals surface area (Å²) in [7, 11) is 3.47. The second-order valence-corrected chi connectivity index (χ2v) is 4.30. The molecule has 0 saturated carbocycles. The minimum absolute atomic E-state index is 0.390. The van der Waals surface area contributed by atoms with Crippen molar-refractivity contribution in [3.63, 3.8) is 0 Å². The van der Waals surface area contributed by atoms with Gasteiger partial charge in [0.1, 0.15) is 24.0 Å². The largest absolute Gasteiger partial charge is 0.467 e. The van der Waals surface area contributed by atoms with E-state index >= 15 is 0 Å². The highest BCUT2D eigenvalue weighted by atomic mass is 16.5. The number of ether oxygens (including phenoxy) is 1. The number of furan rings is 1. The van der Waals surface area contributed by atoms with E-state index in [9.17, 15) is 0 Å². The van der Waals surface area contributed by atoms with E-state index in [-0.39, 0.29) is 0 Å². The Labute approximate surface area is 118 Å². The molecule has 0 bridgehead atoms. The molecule has 2 aromatic heterocycles. The lowest BCUT2D eigenvalue weighted by atomic mass is 10.3. The molecule has 0 aliphatic carbocycles. The smallest absolute Gasteiger partial charge is 0.158 e. The van der Waals surface area contributed by atoms with E-state index in [1.165, 1.54) is 0 Å². The van der Waals surface area contributed by atoms with Gasteiger partial charge in [-0.2, -0.15) is 0 Å². The highest BCUT2D eigenvalue weighted by Crippen LogP contribution is 2.18. The van der Waals surface area contributed by atoms with Gasteiger partial charge in [0.25, 0.3) is 0 Å². The number of rotatable bonds is 7. The highest BCUT2D eigenvalue weighted by Gasteiger charge is 2.12. The molecule has 2 aromatic rings. The van der Waals surface area contributed by atoms with Gasteiger partial charge in [0.15, 0.2) is 5.82 Å². The van der Waals surface area contributed by atoms with Crippen LogP contribution in [0.2, 0.25) is 0 Å². The standard InChI is InChI=1S/C14H20N4O2/c1-4-18(9-11-6-5-7-20-11)14-8-12(15-2)16-13(17-14)10-19-3/h5-8H,4,9-10H2,1-3H3,(H,15,16,17). The number of aromatic nitrogens is 2. The summed E-state index contributed by atoms with van der Waals surface area (Å²) >= 11 is 0. The summed E-state index contributed by atoms with van der Waals surface area (Å²) in [5.41, 5.74) is 0. The van der Waals surface area contributed by atoms with E-state index in [2.05, 4.69) is 27.1 Å². The van der Waals surface area contributed by atoms with Gasteiger partial charge >= 0.3 is 0 Å². The van der Waals surface area contributed by atoms with E-state index < -0.39 is 0 Å². The summed E-state index contributed by atoms with van der Waals surface area (Å²) < 4.78 is 10.5. The SMILES string of the molecule is CCN(Cc1ccco1)c1cc(NC)nc(COC)n1. The fourth-order valence-corrected chi connectivity index (χ4v) is 1.91. The molecule has 0 aliphatic rings. The molecule has 0 fully saturated rings. The van der Waals surface area contributed by atoms with Crippen molar-refractivity contribution in [3.8, 4) is 0 Å². The van der Waals surface area contributed by atoms with Crippen molar-refractivity contribution >= 4 is 11.6 Å². The third-order valence-corrected chi connectivity index (χ3v) is 2.92. The lowest BCUT2D eigenvalue weighted by Gasteiger charge is -2.21. The van der Waals surface area contributed by atoms with Crippen LogP contribution in [0.15, 0.2) is 28.9 Å². The summed E-state index contributed by atoms with van der Waals surface area (Å²) in [6, 6.07) is 5.77. The van der Waals surface area contributed by atoms with E-state index in [0.29, 0.717) is 19.0 Å². The first kappa shape index (κ1) is 14.3. The van der Waals surface area contributed by atoms with Gasteiger partial charge in [-0.05, 0) is 19.1 Å².